The van der Waals surface area contributed by atoms with Gasteiger partial charge >= 0.3 is 0 Å². The molecule has 0 spiro atoms. The highest BCUT2D eigenvalue weighted by atomic mass is 16.5. The predicted molar refractivity (Wildman–Crippen MR) is 190 cm³/mol. The summed E-state index contributed by atoms with van der Waals surface area (Å²) in [5.74, 6) is -0.602. The van der Waals surface area contributed by atoms with E-state index in [1.165, 1.54) is 44.8 Å². The SMILES string of the molecule is NC(=O)c1ccc2c(c1)CCN2Cc1ccc(C2CCC(=O)N2)cc1.NC(=O)c1ccc2c(c1)CCN2Cc1ccc(C2CCCO2)cc1. The molecule has 4 aromatic rings. The van der Waals surface area contributed by atoms with Crippen LogP contribution in [0.4, 0.5) is 11.4 Å². The zero-order valence-corrected chi connectivity index (χ0v) is 27.7. The minimum absolute atomic E-state index is 0.137. The number of carbonyl (C=O) groups excluding carboxylic acids is 3. The number of ether oxygens (including phenoxy) is 1. The number of nitrogens with two attached hydrogens (primary N) is 2. The first-order chi connectivity index (χ1) is 23.8. The van der Waals surface area contributed by atoms with E-state index in [1.54, 1.807) is 6.07 Å². The predicted octanol–water partition coefficient (Wildman–Crippen LogP) is 5.50. The van der Waals surface area contributed by atoms with E-state index in [0.29, 0.717) is 17.5 Å². The lowest BCUT2D eigenvalue weighted by Gasteiger charge is -2.20. The van der Waals surface area contributed by atoms with E-state index >= 15 is 0 Å². The maximum atomic E-state index is 11.4. The van der Waals surface area contributed by atoms with E-state index in [0.717, 1.165) is 64.9 Å². The van der Waals surface area contributed by atoms with Gasteiger partial charge in [-0.1, -0.05) is 48.5 Å². The van der Waals surface area contributed by atoms with Crippen LogP contribution in [0.5, 0.6) is 0 Å². The number of rotatable bonds is 8. The molecule has 4 aliphatic rings. The molecule has 2 fully saturated rings. The summed E-state index contributed by atoms with van der Waals surface area (Å²) in [6.45, 7) is 4.52. The number of hydrogen-bond donors (Lipinski definition) is 3. The van der Waals surface area contributed by atoms with Crippen LogP contribution < -0.4 is 26.6 Å². The van der Waals surface area contributed by atoms with Gasteiger partial charge in [0.25, 0.3) is 0 Å². The third kappa shape index (κ3) is 7.32. The highest BCUT2D eigenvalue weighted by Gasteiger charge is 2.24. The molecule has 0 radical (unpaired) electrons. The fourth-order valence-corrected chi connectivity index (χ4v) is 7.41. The second kappa shape index (κ2) is 14.1. The average molecular weight is 658 g/mol. The zero-order valence-electron chi connectivity index (χ0n) is 27.7. The Morgan fingerprint density at radius 2 is 1.22 bits per heavy atom. The van der Waals surface area contributed by atoms with Gasteiger partial charge in [-0.05, 0) is 102 Å². The molecule has 2 saturated heterocycles. The van der Waals surface area contributed by atoms with E-state index in [2.05, 4.69) is 63.6 Å². The van der Waals surface area contributed by atoms with Gasteiger partial charge in [-0.15, -0.1) is 0 Å². The summed E-state index contributed by atoms with van der Waals surface area (Å²) in [6, 6.07) is 28.9. The number of fused-ring (bicyclic) bond motifs is 2. The lowest BCUT2D eigenvalue weighted by molar-refractivity contribution is -0.119. The van der Waals surface area contributed by atoms with Crippen molar-refractivity contribution in [3.05, 3.63) is 129 Å². The number of hydrogen-bond acceptors (Lipinski definition) is 6. The quantitative estimate of drug-likeness (QED) is 0.230. The maximum Gasteiger partial charge on any atom is 0.248 e. The minimum Gasteiger partial charge on any atom is -0.374 e. The van der Waals surface area contributed by atoms with Gasteiger partial charge in [0.05, 0.1) is 12.1 Å². The summed E-state index contributed by atoms with van der Waals surface area (Å²) >= 11 is 0. The third-order valence-electron chi connectivity index (χ3n) is 10.1. The Morgan fingerprint density at radius 1 is 0.694 bits per heavy atom. The summed E-state index contributed by atoms with van der Waals surface area (Å²) < 4.78 is 5.74. The molecular weight excluding hydrogens is 614 g/mol. The van der Waals surface area contributed by atoms with Crippen LogP contribution in [0.1, 0.15) is 91.9 Å². The van der Waals surface area contributed by atoms with Crippen LogP contribution in [0.2, 0.25) is 0 Å². The van der Waals surface area contributed by atoms with Crippen molar-refractivity contribution in [3.63, 3.8) is 0 Å². The van der Waals surface area contributed by atoms with Crippen LogP contribution >= 0.6 is 0 Å². The second-order valence-corrected chi connectivity index (χ2v) is 13.4. The van der Waals surface area contributed by atoms with E-state index < -0.39 is 0 Å². The molecule has 4 heterocycles. The Balaban J connectivity index is 0.000000154. The van der Waals surface area contributed by atoms with Gasteiger partial charge in [0, 0.05) is 61.7 Å². The molecule has 2 unspecified atom stereocenters. The number of amides is 3. The standard InChI is InChI=1S/C20H21N3O2.C20H22N2O2/c21-20(25)16-5-7-18-15(11-16)9-10-23(18)12-13-1-3-14(4-2-13)17-6-8-19(24)22-17;21-20(23)17-7-8-18-16(12-17)9-10-22(18)13-14-3-5-15(6-4-14)19-2-1-11-24-19/h1-5,7,11,17H,6,8-10,12H2,(H2,21,25)(H,22,24);3-8,12,19H,1-2,9-11,13H2,(H2,21,23). The molecule has 2 atom stereocenters. The summed E-state index contributed by atoms with van der Waals surface area (Å²) in [4.78, 5) is 38.7. The van der Waals surface area contributed by atoms with Gasteiger partial charge in [0.2, 0.25) is 17.7 Å². The van der Waals surface area contributed by atoms with Crippen molar-refractivity contribution in [1.29, 1.82) is 0 Å². The summed E-state index contributed by atoms with van der Waals surface area (Å²) in [5, 5.41) is 3.00. The molecule has 5 N–H and O–H groups in total. The Hall–Kier alpha value is -5.15. The van der Waals surface area contributed by atoms with Crippen molar-refractivity contribution >= 4 is 29.1 Å². The summed E-state index contributed by atoms with van der Waals surface area (Å²) in [5.41, 5.74) is 21.7. The Morgan fingerprint density at radius 3 is 1.67 bits per heavy atom. The molecule has 9 nitrogen and oxygen atoms in total. The molecule has 49 heavy (non-hydrogen) atoms. The second-order valence-electron chi connectivity index (χ2n) is 13.4. The molecule has 4 aliphatic heterocycles. The van der Waals surface area contributed by atoms with E-state index in [-0.39, 0.29) is 29.9 Å². The Labute approximate surface area is 287 Å². The zero-order chi connectivity index (χ0) is 33.9. The van der Waals surface area contributed by atoms with Crippen LogP contribution in [-0.2, 0) is 35.5 Å². The van der Waals surface area contributed by atoms with Gasteiger partial charge in [-0.25, -0.2) is 0 Å². The van der Waals surface area contributed by atoms with Crippen molar-refractivity contribution in [2.75, 3.05) is 29.5 Å². The van der Waals surface area contributed by atoms with Gasteiger partial charge in [-0.2, -0.15) is 0 Å². The van der Waals surface area contributed by atoms with E-state index in [1.807, 2.05) is 30.3 Å². The largest absolute Gasteiger partial charge is 0.374 e. The number of benzene rings is 4. The fraction of sp³-hybridized carbons (Fsp3) is 0.325. The van der Waals surface area contributed by atoms with Gasteiger partial charge in [-0.3, -0.25) is 14.4 Å². The molecule has 8 rings (SSSR count). The van der Waals surface area contributed by atoms with Gasteiger partial charge in [0.1, 0.15) is 0 Å². The van der Waals surface area contributed by atoms with Gasteiger partial charge < -0.3 is 31.3 Å². The van der Waals surface area contributed by atoms with Crippen molar-refractivity contribution in [2.45, 2.75) is 63.8 Å². The smallest absolute Gasteiger partial charge is 0.248 e. The van der Waals surface area contributed by atoms with E-state index in [4.69, 9.17) is 16.2 Å². The molecule has 0 saturated carbocycles. The number of primary amides is 2. The Bertz CT molecular complexity index is 1850. The number of nitrogens with zero attached hydrogens (tertiary/aromatic N) is 2. The lowest BCUT2D eigenvalue weighted by Crippen LogP contribution is -2.20. The monoisotopic (exact) mass is 657 g/mol. The van der Waals surface area contributed by atoms with E-state index in [9.17, 15) is 14.4 Å². The first-order valence-electron chi connectivity index (χ1n) is 17.2. The van der Waals surface area contributed by atoms with Gasteiger partial charge in [0.15, 0.2) is 0 Å². The highest BCUT2D eigenvalue weighted by molar-refractivity contribution is 5.94. The summed E-state index contributed by atoms with van der Waals surface area (Å²) in [7, 11) is 0. The van der Waals surface area contributed by atoms with Crippen molar-refractivity contribution in [1.82, 2.24) is 5.32 Å². The van der Waals surface area contributed by atoms with Crippen LogP contribution in [-0.4, -0.2) is 37.4 Å². The minimum atomic E-state index is -0.379. The number of anilines is 2. The average Bonchev–Trinajstić information content (AvgIpc) is 3.94. The maximum absolute atomic E-state index is 11.4. The topological polar surface area (TPSA) is 131 Å². The van der Waals surface area contributed by atoms with Crippen LogP contribution in [0.3, 0.4) is 0 Å². The van der Waals surface area contributed by atoms with Crippen molar-refractivity contribution in [3.8, 4) is 0 Å². The fourth-order valence-electron chi connectivity index (χ4n) is 7.41. The number of nitrogens with one attached hydrogen (secondary N) is 1. The molecule has 9 heteroatoms. The number of carbonyl (C=O) groups is 3. The molecule has 3 amide bonds. The lowest BCUT2D eigenvalue weighted by atomic mass is 10.0. The molecule has 0 bridgehead atoms. The molecule has 252 valence electrons. The normalized spacial score (nSPS) is 19.2. The first kappa shape index (κ1) is 32.4. The summed E-state index contributed by atoms with van der Waals surface area (Å²) in [6.07, 6.45) is 5.95. The van der Waals surface area contributed by atoms with Crippen LogP contribution in [0.25, 0.3) is 0 Å². The molecular formula is C40H43N5O4. The van der Waals surface area contributed by atoms with Crippen LogP contribution in [0, 0.1) is 0 Å². The van der Waals surface area contributed by atoms with Crippen molar-refractivity contribution in [2.24, 2.45) is 11.5 Å². The van der Waals surface area contributed by atoms with Crippen molar-refractivity contribution < 1.29 is 19.1 Å². The molecule has 0 aliphatic carbocycles. The highest BCUT2D eigenvalue weighted by Crippen LogP contribution is 2.33. The molecule has 4 aromatic carbocycles. The molecule has 0 aromatic heterocycles. The van der Waals surface area contributed by atoms with Crippen LogP contribution in [0.15, 0.2) is 84.9 Å². The Kier molecular flexibility index (Phi) is 9.35. The third-order valence-corrected chi connectivity index (χ3v) is 10.1. The first-order valence-corrected chi connectivity index (χ1v) is 17.2.